The van der Waals surface area contributed by atoms with E-state index >= 15 is 0 Å². The summed E-state index contributed by atoms with van der Waals surface area (Å²) in [6.45, 7) is 0. The molecule has 0 aliphatic carbocycles. The standard InChI is InChI=1S/C13H7Br2FN2S/c14-6-3-8(12(17)9(15)4-6)13-18-10-2-1-7(16)5-11(10)19-13/h1-5H,17H2. The number of benzene rings is 2. The van der Waals surface area contributed by atoms with Crippen LogP contribution in [0.3, 0.4) is 0 Å². The van der Waals surface area contributed by atoms with E-state index in [-0.39, 0.29) is 5.82 Å². The molecule has 6 heteroatoms. The van der Waals surface area contributed by atoms with Gasteiger partial charge in [0, 0.05) is 14.5 Å². The molecule has 2 aromatic carbocycles. The topological polar surface area (TPSA) is 38.9 Å². The summed E-state index contributed by atoms with van der Waals surface area (Å²) in [6, 6.07) is 8.36. The Bertz CT molecular complexity index is 786. The number of nitrogen functional groups attached to an aromatic ring is 1. The lowest BCUT2D eigenvalue weighted by Crippen LogP contribution is -1.91. The Hall–Kier alpha value is -0.980. The van der Waals surface area contributed by atoms with Gasteiger partial charge < -0.3 is 5.73 Å². The van der Waals surface area contributed by atoms with Gasteiger partial charge in [-0.3, -0.25) is 0 Å². The Labute approximate surface area is 129 Å². The molecule has 1 aromatic heterocycles. The van der Waals surface area contributed by atoms with Crippen molar-refractivity contribution >= 4 is 59.1 Å². The molecule has 96 valence electrons. The fraction of sp³-hybridized carbons (Fsp3) is 0. The highest BCUT2D eigenvalue weighted by Gasteiger charge is 2.12. The Morgan fingerprint density at radius 3 is 2.74 bits per heavy atom. The Morgan fingerprint density at radius 1 is 1.16 bits per heavy atom. The minimum Gasteiger partial charge on any atom is -0.397 e. The van der Waals surface area contributed by atoms with Crippen molar-refractivity contribution < 1.29 is 4.39 Å². The summed E-state index contributed by atoms with van der Waals surface area (Å²) < 4.78 is 15.7. The van der Waals surface area contributed by atoms with Crippen molar-refractivity contribution in [1.29, 1.82) is 0 Å². The molecule has 0 spiro atoms. The molecule has 0 fully saturated rings. The molecule has 0 amide bonds. The van der Waals surface area contributed by atoms with Crippen molar-refractivity contribution in [1.82, 2.24) is 4.98 Å². The molecular weight excluding hydrogens is 395 g/mol. The van der Waals surface area contributed by atoms with E-state index in [1.54, 1.807) is 6.07 Å². The van der Waals surface area contributed by atoms with Crippen molar-refractivity contribution in [2.75, 3.05) is 5.73 Å². The number of hydrogen-bond donors (Lipinski definition) is 1. The Kier molecular flexibility index (Phi) is 3.32. The first kappa shape index (κ1) is 13.0. The van der Waals surface area contributed by atoms with Crippen molar-refractivity contribution in [3.05, 3.63) is 45.1 Å². The number of rotatable bonds is 1. The molecule has 1 heterocycles. The Balaban J connectivity index is 2.24. The smallest absolute Gasteiger partial charge is 0.126 e. The van der Waals surface area contributed by atoms with E-state index in [0.717, 1.165) is 29.7 Å². The molecule has 0 aliphatic rings. The van der Waals surface area contributed by atoms with Gasteiger partial charge in [-0.25, -0.2) is 9.37 Å². The van der Waals surface area contributed by atoms with Crippen LogP contribution in [-0.2, 0) is 0 Å². The Morgan fingerprint density at radius 2 is 1.95 bits per heavy atom. The SMILES string of the molecule is Nc1c(Br)cc(Br)cc1-c1nc2ccc(F)cc2s1. The van der Waals surface area contributed by atoms with Crippen LogP contribution in [0.25, 0.3) is 20.8 Å². The number of nitrogens with zero attached hydrogens (tertiary/aromatic N) is 1. The fourth-order valence-electron chi connectivity index (χ4n) is 1.78. The minimum atomic E-state index is -0.258. The summed E-state index contributed by atoms with van der Waals surface area (Å²) in [5, 5.41) is 0.778. The van der Waals surface area contributed by atoms with E-state index in [2.05, 4.69) is 36.8 Å². The molecule has 0 saturated heterocycles. The van der Waals surface area contributed by atoms with E-state index in [1.165, 1.54) is 23.5 Å². The summed E-state index contributed by atoms with van der Waals surface area (Å²) in [5.41, 5.74) is 8.30. The van der Waals surface area contributed by atoms with E-state index < -0.39 is 0 Å². The highest BCUT2D eigenvalue weighted by atomic mass is 79.9. The van der Waals surface area contributed by atoms with Gasteiger partial charge in [-0.1, -0.05) is 15.9 Å². The third-order valence-corrected chi connectivity index (χ3v) is 4.84. The zero-order valence-corrected chi connectivity index (χ0v) is 13.4. The average Bonchev–Trinajstić information content (AvgIpc) is 2.76. The van der Waals surface area contributed by atoms with Gasteiger partial charge in [0.1, 0.15) is 10.8 Å². The fourth-order valence-corrected chi connectivity index (χ4v) is 4.02. The normalized spacial score (nSPS) is 11.1. The molecule has 0 bridgehead atoms. The lowest BCUT2D eigenvalue weighted by atomic mass is 10.2. The minimum absolute atomic E-state index is 0.258. The summed E-state index contributed by atoms with van der Waals surface area (Å²) in [7, 11) is 0. The van der Waals surface area contributed by atoms with Crippen LogP contribution in [-0.4, -0.2) is 4.98 Å². The van der Waals surface area contributed by atoms with Crippen LogP contribution in [0.4, 0.5) is 10.1 Å². The van der Waals surface area contributed by atoms with Gasteiger partial charge in [-0.2, -0.15) is 0 Å². The molecule has 2 N–H and O–H groups in total. The van der Waals surface area contributed by atoms with Gasteiger partial charge in [0.05, 0.1) is 15.9 Å². The molecule has 0 radical (unpaired) electrons. The number of hydrogen-bond acceptors (Lipinski definition) is 3. The predicted octanol–water partition coefficient (Wildman–Crippen LogP) is 5.21. The number of anilines is 1. The maximum Gasteiger partial charge on any atom is 0.126 e. The van der Waals surface area contributed by atoms with Crippen LogP contribution in [0.15, 0.2) is 39.3 Å². The molecule has 2 nitrogen and oxygen atoms in total. The van der Waals surface area contributed by atoms with Gasteiger partial charge in [0.15, 0.2) is 0 Å². The highest BCUT2D eigenvalue weighted by Crippen LogP contribution is 2.38. The second kappa shape index (κ2) is 4.85. The lowest BCUT2D eigenvalue weighted by Gasteiger charge is -2.05. The number of halogens is 3. The van der Waals surface area contributed by atoms with Gasteiger partial charge >= 0.3 is 0 Å². The van der Waals surface area contributed by atoms with Crippen LogP contribution >= 0.6 is 43.2 Å². The zero-order chi connectivity index (χ0) is 13.6. The quantitative estimate of drug-likeness (QED) is 0.568. The van der Waals surface area contributed by atoms with Gasteiger partial charge in [0.2, 0.25) is 0 Å². The predicted molar refractivity (Wildman–Crippen MR) is 84.8 cm³/mol. The second-order valence-corrected chi connectivity index (χ2v) is 6.78. The van der Waals surface area contributed by atoms with Gasteiger partial charge in [-0.15, -0.1) is 11.3 Å². The van der Waals surface area contributed by atoms with E-state index in [4.69, 9.17) is 5.73 Å². The lowest BCUT2D eigenvalue weighted by molar-refractivity contribution is 0.630. The number of fused-ring (bicyclic) bond motifs is 1. The number of thiazole rings is 1. The van der Waals surface area contributed by atoms with E-state index in [9.17, 15) is 4.39 Å². The number of aromatic nitrogens is 1. The van der Waals surface area contributed by atoms with Crippen LogP contribution in [0.1, 0.15) is 0 Å². The first-order valence-corrected chi connectivity index (χ1v) is 7.76. The molecule has 0 aliphatic heterocycles. The van der Waals surface area contributed by atoms with Gasteiger partial charge in [-0.05, 0) is 46.3 Å². The monoisotopic (exact) mass is 400 g/mol. The van der Waals surface area contributed by atoms with Crippen molar-refractivity contribution in [2.45, 2.75) is 0 Å². The molecule has 0 unspecified atom stereocenters. The van der Waals surface area contributed by atoms with Crippen LogP contribution in [0.5, 0.6) is 0 Å². The summed E-state index contributed by atoms with van der Waals surface area (Å²) >= 11 is 8.27. The first-order valence-electron chi connectivity index (χ1n) is 5.35. The molecule has 0 atom stereocenters. The zero-order valence-electron chi connectivity index (χ0n) is 9.45. The average molecular weight is 402 g/mol. The molecular formula is C13H7Br2FN2S. The van der Waals surface area contributed by atoms with Crippen molar-refractivity contribution in [3.63, 3.8) is 0 Å². The van der Waals surface area contributed by atoms with E-state index in [0.29, 0.717) is 5.69 Å². The maximum absolute atomic E-state index is 13.2. The molecule has 3 rings (SSSR count). The number of nitrogens with two attached hydrogens (primary N) is 1. The highest BCUT2D eigenvalue weighted by molar-refractivity contribution is 9.11. The van der Waals surface area contributed by atoms with Crippen molar-refractivity contribution in [3.8, 4) is 10.6 Å². The summed E-state index contributed by atoms with van der Waals surface area (Å²) in [4.78, 5) is 4.50. The van der Waals surface area contributed by atoms with Crippen LogP contribution in [0.2, 0.25) is 0 Å². The van der Waals surface area contributed by atoms with Crippen molar-refractivity contribution in [2.24, 2.45) is 0 Å². The maximum atomic E-state index is 13.2. The summed E-state index contributed by atoms with van der Waals surface area (Å²) in [5.74, 6) is -0.258. The third kappa shape index (κ3) is 2.40. The van der Waals surface area contributed by atoms with Crippen LogP contribution in [0, 0.1) is 5.82 Å². The molecule has 19 heavy (non-hydrogen) atoms. The largest absolute Gasteiger partial charge is 0.397 e. The van der Waals surface area contributed by atoms with Gasteiger partial charge in [0.25, 0.3) is 0 Å². The van der Waals surface area contributed by atoms with E-state index in [1.807, 2.05) is 12.1 Å². The second-order valence-electron chi connectivity index (χ2n) is 3.98. The first-order chi connectivity index (χ1) is 9.04. The molecule has 3 aromatic rings. The summed E-state index contributed by atoms with van der Waals surface area (Å²) in [6.07, 6.45) is 0. The third-order valence-electron chi connectivity index (χ3n) is 2.68. The molecule has 0 saturated carbocycles. The van der Waals surface area contributed by atoms with Crippen LogP contribution < -0.4 is 5.73 Å².